The summed E-state index contributed by atoms with van der Waals surface area (Å²) in [4.78, 5) is 12.3. The second kappa shape index (κ2) is 7.75. The van der Waals surface area contributed by atoms with E-state index in [2.05, 4.69) is 5.32 Å². The van der Waals surface area contributed by atoms with E-state index in [1.54, 1.807) is 33.5 Å². The van der Waals surface area contributed by atoms with Gasteiger partial charge in [-0.05, 0) is 25.5 Å². The quantitative estimate of drug-likeness (QED) is 0.832. The third-order valence-corrected chi connectivity index (χ3v) is 3.21. The molecule has 0 radical (unpaired) electrons. The molecule has 1 amide bonds. The van der Waals surface area contributed by atoms with Gasteiger partial charge in [0.15, 0.2) is 0 Å². The molecule has 5 heteroatoms. The summed E-state index contributed by atoms with van der Waals surface area (Å²) >= 11 is 0. The summed E-state index contributed by atoms with van der Waals surface area (Å²) in [6.07, 6.45) is 0.805. The van der Waals surface area contributed by atoms with Gasteiger partial charge in [-0.1, -0.05) is 6.92 Å². The number of methoxy groups -OCH3 is 3. The van der Waals surface area contributed by atoms with Crippen LogP contribution < -0.4 is 14.8 Å². The van der Waals surface area contributed by atoms with E-state index in [4.69, 9.17) is 14.2 Å². The first-order chi connectivity index (χ1) is 9.57. The molecule has 1 unspecified atom stereocenters. The normalized spacial score (nSPS) is 11.8. The Labute approximate surface area is 120 Å². The third kappa shape index (κ3) is 3.87. The Morgan fingerprint density at radius 3 is 2.15 bits per heavy atom. The molecule has 1 N–H and O–H groups in total. The van der Waals surface area contributed by atoms with Gasteiger partial charge >= 0.3 is 0 Å². The lowest BCUT2D eigenvalue weighted by Gasteiger charge is -2.17. The molecule has 20 heavy (non-hydrogen) atoms. The molecule has 112 valence electrons. The summed E-state index contributed by atoms with van der Waals surface area (Å²) in [5.41, 5.74) is 1.38. The Balaban J connectivity index is 2.97. The summed E-state index contributed by atoms with van der Waals surface area (Å²) < 4.78 is 15.6. The molecule has 1 aromatic rings. The maximum absolute atomic E-state index is 12.3. The van der Waals surface area contributed by atoms with E-state index in [1.807, 2.05) is 13.8 Å². The minimum atomic E-state index is -0.162. The van der Waals surface area contributed by atoms with Crippen LogP contribution in [-0.4, -0.2) is 39.9 Å². The van der Waals surface area contributed by atoms with Gasteiger partial charge in [0, 0.05) is 18.2 Å². The fourth-order valence-electron chi connectivity index (χ4n) is 1.95. The number of hydrogen-bond donors (Lipinski definition) is 1. The van der Waals surface area contributed by atoms with Gasteiger partial charge in [0.05, 0.1) is 26.9 Å². The van der Waals surface area contributed by atoms with Crippen molar-refractivity contribution < 1.29 is 19.0 Å². The van der Waals surface area contributed by atoms with Crippen LogP contribution in [0.1, 0.15) is 29.3 Å². The zero-order chi connectivity index (χ0) is 15.1. The third-order valence-electron chi connectivity index (χ3n) is 3.21. The van der Waals surface area contributed by atoms with Crippen molar-refractivity contribution in [3.8, 4) is 11.5 Å². The number of ether oxygens (including phenoxy) is 3. The monoisotopic (exact) mass is 281 g/mol. The predicted octanol–water partition coefficient (Wildman–Crippen LogP) is 2.17. The van der Waals surface area contributed by atoms with Crippen LogP contribution in [0.4, 0.5) is 0 Å². The highest BCUT2D eigenvalue weighted by molar-refractivity contribution is 5.95. The molecule has 0 aliphatic rings. The van der Waals surface area contributed by atoms with Crippen molar-refractivity contribution in [2.75, 3.05) is 27.9 Å². The van der Waals surface area contributed by atoms with Crippen LogP contribution in [0.3, 0.4) is 0 Å². The van der Waals surface area contributed by atoms with E-state index in [-0.39, 0.29) is 11.9 Å². The average molecular weight is 281 g/mol. The molecule has 1 rings (SSSR count). The molecular formula is C15H23NO4. The van der Waals surface area contributed by atoms with Crippen molar-refractivity contribution in [2.45, 2.75) is 26.3 Å². The zero-order valence-corrected chi connectivity index (χ0v) is 12.8. The van der Waals surface area contributed by atoms with Gasteiger partial charge in [-0.2, -0.15) is 0 Å². The van der Waals surface area contributed by atoms with Crippen molar-refractivity contribution in [3.05, 3.63) is 23.3 Å². The highest BCUT2D eigenvalue weighted by Gasteiger charge is 2.16. The number of benzene rings is 1. The van der Waals surface area contributed by atoms with Crippen molar-refractivity contribution in [1.82, 2.24) is 5.32 Å². The Bertz CT molecular complexity index is 434. The number of carbonyl (C=O) groups excluding carboxylic acids is 1. The average Bonchev–Trinajstić information content (AvgIpc) is 2.46. The lowest BCUT2D eigenvalue weighted by atomic mass is 10.1. The Hall–Kier alpha value is -1.75. The van der Waals surface area contributed by atoms with Crippen LogP contribution in [-0.2, 0) is 4.74 Å². The number of nitrogens with one attached hydrogen (secondary N) is 1. The van der Waals surface area contributed by atoms with Gasteiger partial charge < -0.3 is 19.5 Å². The second-order valence-corrected chi connectivity index (χ2v) is 4.54. The molecule has 0 heterocycles. The number of hydrogen-bond acceptors (Lipinski definition) is 4. The maximum atomic E-state index is 12.3. The van der Waals surface area contributed by atoms with Crippen molar-refractivity contribution in [2.24, 2.45) is 0 Å². The lowest BCUT2D eigenvalue weighted by molar-refractivity contribution is 0.0894. The highest BCUT2D eigenvalue weighted by Crippen LogP contribution is 2.29. The topological polar surface area (TPSA) is 56.8 Å². The van der Waals surface area contributed by atoms with Crippen LogP contribution in [0.5, 0.6) is 11.5 Å². The molecular weight excluding hydrogens is 258 g/mol. The van der Waals surface area contributed by atoms with E-state index in [1.165, 1.54) is 0 Å². The first-order valence-electron chi connectivity index (χ1n) is 6.59. The van der Waals surface area contributed by atoms with E-state index in [0.29, 0.717) is 23.7 Å². The molecule has 0 aliphatic heterocycles. The minimum absolute atomic E-state index is 0.00853. The molecule has 0 aliphatic carbocycles. The Morgan fingerprint density at radius 1 is 1.20 bits per heavy atom. The number of amides is 1. The molecule has 0 spiro atoms. The number of rotatable bonds is 7. The second-order valence-electron chi connectivity index (χ2n) is 4.54. The fourth-order valence-corrected chi connectivity index (χ4v) is 1.95. The highest BCUT2D eigenvalue weighted by atomic mass is 16.5. The van der Waals surface area contributed by atoms with Gasteiger partial charge in [-0.25, -0.2) is 0 Å². The maximum Gasteiger partial charge on any atom is 0.251 e. The largest absolute Gasteiger partial charge is 0.496 e. The molecule has 5 nitrogen and oxygen atoms in total. The van der Waals surface area contributed by atoms with Crippen LogP contribution in [0.2, 0.25) is 0 Å². The van der Waals surface area contributed by atoms with E-state index < -0.39 is 0 Å². The Morgan fingerprint density at radius 2 is 1.75 bits per heavy atom. The smallest absolute Gasteiger partial charge is 0.251 e. The zero-order valence-electron chi connectivity index (χ0n) is 12.8. The van der Waals surface area contributed by atoms with Crippen LogP contribution in [0.15, 0.2) is 12.1 Å². The standard InChI is InChI=1S/C15H23NO4/c1-6-12(9-18-3)16-15(17)11-7-13(19-4)10(2)14(8-11)20-5/h7-8,12H,6,9H2,1-5H3,(H,16,17). The van der Waals surface area contributed by atoms with Crippen molar-refractivity contribution in [3.63, 3.8) is 0 Å². The molecule has 0 bridgehead atoms. The van der Waals surface area contributed by atoms with Crippen LogP contribution in [0.25, 0.3) is 0 Å². The molecule has 1 aromatic carbocycles. The van der Waals surface area contributed by atoms with Crippen LogP contribution >= 0.6 is 0 Å². The summed E-state index contributed by atoms with van der Waals surface area (Å²) in [6.45, 7) is 4.38. The number of carbonyl (C=O) groups is 1. The minimum Gasteiger partial charge on any atom is -0.496 e. The molecule has 0 aromatic heterocycles. The van der Waals surface area contributed by atoms with Gasteiger partial charge in [-0.3, -0.25) is 4.79 Å². The van der Waals surface area contributed by atoms with E-state index in [9.17, 15) is 4.79 Å². The predicted molar refractivity (Wildman–Crippen MR) is 77.7 cm³/mol. The molecule has 1 atom stereocenters. The SMILES string of the molecule is CCC(COC)NC(=O)c1cc(OC)c(C)c(OC)c1. The van der Waals surface area contributed by atoms with Crippen molar-refractivity contribution >= 4 is 5.91 Å². The summed E-state index contributed by atoms with van der Waals surface area (Å²) in [6, 6.07) is 3.42. The fraction of sp³-hybridized carbons (Fsp3) is 0.533. The molecule has 0 saturated carbocycles. The summed E-state index contributed by atoms with van der Waals surface area (Å²) in [5, 5.41) is 2.93. The first kappa shape index (κ1) is 16.3. The lowest BCUT2D eigenvalue weighted by Crippen LogP contribution is -2.37. The summed E-state index contributed by atoms with van der Waals surface area (Å²) in [5.74, 6) is 1.11. The molecule has 0 fully saturated rings. The van der Waals surface area contributed by atoms with Gasteiger partial charge in [-0.15, -0.1) is 0 Å². The van der Waals surface area contributed by atoms with Crippen molar-refractivity contribution in [1.29, 1.82) is 0 Å². The van der Waals surface area contributed by atoms with E-state index >= 15 is 0 Å². The van der Waals surface area contributed by atoms with Gasteiger partial charge in [0.2, 0.25) is 0 Å². The molecule has 0 saturated heterocycles. The van der Waals surface area contributed by atoms with Crippen LogP contribution in [0, 0.1) is 6.92 Å². The van der Waals surface area contributed by atoms with Gasteiger partial charge in [0.25, 0.3) is 5.91 Å². The Kier molecular flexibility index (Phi) is 6.31. The van der Waals surface area contributed by atoms with E-state index in [0.717, 1.165) is 12.0 Å². The summed E-state index contributed by atoms with van der Waals surface area (Å²) in [7, 11) is 4.76. The first-order valence-corrected chi connectivity index (χ1v) is 6.59. The van der Waals surface area contributed by atoms with Gasteiger partial charge in [0.1, 0.15) is 11.5 Å².